The molecule has 34 heavy (non-hydrogen) atoms. The van der Waals surface area contributed by atoms with E-state index in [0.717, 1.165) is 17.7 Å². The second-order valence-corrected chi connectivity index (χ2v) is 7.87. The predicted octanol–water partition coefficient (Wildman–Crippen LogP) is 3.27. The van der Waals surface area contributed by atoms with E-state index in [1.165, 1.54) is 23.9 Å². The zero-order valence-corrected chi connectivity index (χ0v) is 18.4. The quantitative estimate of drug-likeness (QED) is 0.257. The molecule has 1 amide bonds. The van der Waals surface area contributed by atoms with Gasteiger partial charge in [-0.25, -0.2) is 16.3 Å². The first kappa shape index (κ1) is 23.1. The van der Waals surface area contributed by atoms with Crippen molar-refractivity contribution in [3.63, 3.8) is 0 Å². The fraction of sp³-hybridized carbons (Fsp3) is 0.200. The van der Waals surface area contributed by atoms with Crippen LogP contribution in [0.4, 0.5) is 5.69 Å². The van der Waals surface area contributed by atoms with Crippen LogP contribution in [-0.2, 0) is 11.2 Å². The van der Waals surface area contributed by atoms with Crippen LogP contribution in [0.2, 0.25) is 0 Å². The molecule has 1 aliphatic rings. The highest BCUT2D eigenvalue weighted by atomic mass is 16.6. The molecular formula is C25H25N5O4. The van der Waals surface area contributed by atoms with Gasteiger partial charge in [-0.2, -0.15) is 5.10 Å². The lowest BCUT2D eigenvalue weighted by molar-refractivity contribution is -0.384. The Kier molecular flexibility index (Phi) is 7.59. The standard InChI is InChI=1S/C25H25N5O4/c31-25(29-26-17-19-7-4-8-21(15-19)30(32)33)24-16-23(27-28-24)20-9-11-22(12-10-20)34-14-13-18-5-2-1-3-6-18/h1-12,15,17,23-24,27-28H,13-14,16H2,(H,29,31)/b26-17+. The molecule has 1 aliphatic heterocycles. The van der Waals surface area contributed by atoms with E-state index in [2.05, 4.69) is 33.5 Å². The molecule has 3 N–H and O–H groups in total. The Morgan fingerprint density at radius 1 is 1.09 bits per heavy atom. The van der Waals surface area contributed by atoms with Crippen molar-refractivity contribution in [1.29, 1.82) is 0 Å². The van der Waals surface area contributed by atoms with Crippen LogP contribution in [0.1, 0.15) is 29.2 Å². The van der Waals surface area contributed by atoms with E-state index in [4.69, 9.17) is 4.74 Å². The average molecular weight is 460 g/mol. The third kappa shape index (κ3) is 6.25. The molecule has 2 unspecified atom stereocenters. The number of hydrazone groups is 1. The van der Waals surface area contributed by atoms with Crippen LogP contribution in [-0.4, -0.2) is 29.7 Å². The number of hydrogen-bond donors (Lipinski definition) is 3. The van der Waals surface area contributed by atoms with Crippen molar-refractivity contribution in [2.75, 3.05) is 6.61 Å². The van der Waals surface area contributed by atoms with E-state index in [9.17, 15) is 14.9 Å². The first-order valence-electron chi connectivity index (χ1n) is 10.9. The summed E-state index contributed by atoms with van der Waals surface area (Å²) >= 11 is 0. The van der Waals surface area contributed by atoms with E-state index < -0.39 is 11.0 Å². The molecule has 3 aromatic rings. The normalized spacial score (nSPS) is 17.5. The van der Waals surface area contributed by atoms with Gasteiger partial charge >= 0.3 is 0 Å². The van der Waals surface area contributed by atoms with Gasteiger partial charge in [-0.15, -0.1) is 0 Å². The molecule has 0 aromatic heterocycles. The van der Waals surface area contributed by atoms with Gasteiger partial charge in [0.15, 0.2) is 0 Å². The zero-order valence-electron chi connectivity index (χ0n) is 18.4. The highest BCUT2D eigenvalue weighted by Crippen LogP contribution is 2.24. The van der Waals surface area contributed by atoms with Gasteiger partial charge < -0.3 is 4.74 Å². The van der Waals surface area contributed by atoms with Crippen LogP contribution in [0.15, 0.2) is 84.0 Å². The lowest BCUT2D eigenvalue weighted by Gasteiger charge is -2.11. The average Bonchev–Trinajstić information content (AvgIpc) is 3.36. The molecule has 0 radical (unpaired) electrons. The van der Waals surface area contributed by atoms with Gasteiger partial charge in [0, 0.05) is 30.2 Å². The second-order valence-electron chi connectivity index (χ2n) is 7.87. The Morgan fingerprint density at radius 2 is 1.88 bits per heavy atom. The zero-order chi connectivity index (χ0) is 23.8. The third-order valence-corrected chi connectivity index (χ3v) is 5.47. The number of carbonyl (C=O) groups excluding carboxylic acids is 1. The summed E-state index contributed by atoms with van der Waals surface area (Å²) < 4.78 is 5.83. The summed E-state index contributed by atoms with van der Waals surface area (Å²) in [5.74, 6) is 0.507. The number of nitrogens with one attached hydrogen (secondary N) is 3. The number of rotatable bonds is 9. The van der Waals surface area contributed by atoms with Crippen LogP contribution in [0.3, 0.4) is 0 Å². The summed E-state index contributed by atoms with van der Waals surface area (Å²) in [7, 11) is 0. The summed E-state index contributed by atoms with van der Waals surface area (Å²) in [5.41, 5.74) is 11.4. The molecule has 9 heteroatoms. The molecular weight excluding hydrogens is 434 g/mol. The first-order chi connectivity index (χ1) is 16.6. The Labute approximate surface area is 197 Å². The molecule has 0 spiro atoms. The van der Waals surface area contributed by atoms with E-state index in [1.54, 1.807) is 12.1 Å². The van der Waals surface area contributed by atoms with Gasteiger partial charge in [-0.3, -0.25) is 14.9 Å². The maximum atomic E-state index is 12.4. The van der Waals surface area contributed by atoms with Crippen LogP contribution >= 0.6 is 0 Å². The van der Waals surface area contributed by atoms with Crippen LogP contribution in [0, 0.1) is 10.1 Å². The maximum absolute atomic E-state index is 12.4. The summed E-state index contributed by atoms with van der Waals surface area (Å²) in [6.07, 6.45) is 2.77. The Hall–Kier alpha value is -4.08. The number of nitro groups is 1. The summed E-state index contributed by atoms with van der Waals surface area (Å²) in [6.45, 7) is 0.603. The molecule has 0 saturated carbocycles. The largest absolute Gasteiger partial charge is 0.493 e. The molecule has 1 fully saturated rings. The van der Waals surface area contributed by atoms with Gasteiger partial charge in [0.2, 0.25) is 0 Å². The van der Waals surface area contributed by atoms with Crippen LogP contribution in [0.25, 0.3) is 0 Å². The Bertz CT molecular complexity index is 1150. The fourth-order valence-electron chi connectivity index (χ4n) is 3.64. The fourth-order valence-corrected chi connectivity index (χ4v) is 3.64. The summed E-state index contributed by atoms with van der Waals surface area (Å²) in [4.78, 5) is 22.8. The van der Waals surface area contributed by atoms with Gasteiger partial charge in [-0.1, -0.05) is 54.6 Å². The number of nitrogens with zero attached hydrogens (tertiary/aromatic N) is 2. The van der Waals surface area contributed by atoms with Crippen molar-refractivity contribution in [2.24, 2.45) is 5.10 Å². The number of non-ortho nitro benzene ring substituents is 1. The van der Waals surface area contributed by atoms with Gasteiger partial charge in [0.25, 0.3) is 11.6 Å². The second kappa shape index (κ2) is 11.2. The summed E-state index contributed by atoms with van der Waals surface area (Å²) in [6, 6.07) is 23.5. The molecule has 2 atom stereocenters. The highest BCUT2D eigenvalue weighted by molar-refractivity contribution is 5.85. The van der Waals surface area contributed by atoms with Crippen molar-refractivity contribution in [1.82, 2.24) is 16.3 Å². The van der Waals surface area contributed by atoms with Crippen LogP contribution in [0.5, 0.6) is 5.75 Å². The van der Waals surface area contributed by atoms with Gasteiger partial charge in [-0.05, 0) is 29.7 Å². The lowest BCUT2D eigenvalue weighted by atomic mass is 10.0. The topological polar surface area (TPSA) is 118 Å². The van der Waals surface area contributed by atoms with Crippen molar-refractivity contribution < 1.29 is 14.5 Å². The number of nitro benzene ring substituents is 1. The lowest BCUT2D eigenvalue weighted by Crippen LogP contribution is -2.41. The molecule has 4 rings (SSSR count). The van der Waals surface area contributed by atoms with Gasteiger partial charge in [0.05, 0.1) is 17.7 Å². The SMILES string of the molecule is O=C(N/N=C/c1cccc([N+](=O)[O-])c1)C1CC(c2ccc(OCCc3ccccc3)cc2)NN1. The highest BCUT2D eigenvalue weighted by Gasteiger charge is 2.30. The first-order valence-corrected chi connectivity index (χ1v) is 10.9. The van der Waals surface area contributed by atoms with E-state index >= 15 is 0 Å². The number of carbonyl (C=O) groups is 1. The number of amides is 1. The minimum absolute atomic E-state index is 0.0325. The Morgan fingerprint density at radius 3 is 2.65 bits per heavy atom. The van der Waals surface area contributed by atoms with Crippen molar-refractivity contribution in [3.8, 4) is 5.75 Å². The van der Waals surface area contributed by atoms with Crippen molar-refractivity contribution >= 4 is 17.8 Å². The number of ether oxygens (including phenoxy) is 1. The minimum Gasteiger partial charge on any atom is -0.493 e. The van der Waals surface area contributed by atoms with E-state index in [1.807, 2.05) is 42.5 Å². The van der Waals surface area contributed by atoms with Crippen molar-refractivity contribution in [3.05, 3.63) is 106 Å². The van der Waals surface area contributed by atoms with E-state index in [-0.39, 0.29) is 17.6 Å². The monoisotopic (exact) mass is 459 g/mol. The van der Waals surface area contributed by atoms with Gasteiger partial charge in [0.1, 0.15) is 11.8 Å². The Balaban J connectivity index is 1.23. The molecule has 3 aromatic carbocycles. The predicted molar refractivity (Wildman–Crippen MR) is 128 cm³/mol. The third-order valence-electron chi connectivity index (χ3n) is 5.47. The minimum atomic E-state index is -0.479. The summed E-state index contributed by atoms with van der Waals surface area (Å²) in [5, 5.41) is 14.8. The number of hydrogen-bond acceptors (Lipinski definition) is 7. The molecule has 1 heterocycles. The maximum Gasteiger partial charge on any atom is 0.270 e. The van der Waals surface area contributed by atoms with Crippen LogP contribution < -0.4 is 21.0 Å². The molecule has 0 bridgehead atoms. The molecule has 1 saturated heterocycles. The molecule has 174 valence electrons. The van der Waals surface area contributed by atoms with E-state index in [0.29, 0.717) is 18.6 Å². The smallest absolute Gasteiger partial charge is 0.270 e. The molecule has 0 aliphatic carbocycles. The number of benzene rings is 3. The number of hydrazine groups is 1. The van der Waals surface area contributed by atoms with Crippen molar-refractivity contribution in [2.45, 2.75) is 24.9 Å². The molecule has 9 nitrogen and oxygen atoms in total.